The minimum Gasteiger partial charge on any atom is -0.426 e. The van der Waals surface area contributed by atoms with Crippen LogP contribution in [0.1, 0.15) is 5.56 Å². The highest BCUT2D eigenvalue weighted by atomic mass is 19.4. The molecule has 4 nitrogen and oxygen atoms in total. The van der Waals surface area contributed by atoms with Crippen LogP contribution >= 0.6 is 0 Å². The topological polar surface area (TPSA) is 39.6 Å². The average molecular weight is 287 g/mol. The van der Waals surface area contributed by atoms with E-state index < -0.39 is 11.7 Å². The van der Waals surface area contributed by atoms with Gasteiger partial charge in [-0.1, -0.05) is 6.07 Å². The third-order valence-corrected chi connectivity index (χ3v) is 3.17. The Morgan fingerprint density at radius 2 is 1.85 bits per heavy atom. The predicted molar refractivity (Wildman–Crippen MR) is 68.9 cm³/mol. The molecule has 0 unspecified atom stereocenters. The van der Waals surface area contributed by atoms with Crippen molar-refractivity contribution in [2.45, 2.75) is 6.18 Å². The number of benzene rings is 1. The summed E-state index contributed by atoms with van der Waals surface area (Å²) in [6, 6.07) is 4.46. The number of nitrogens with one attached hydrogen (secondary N) is 1. The number of piperazine rings is 1. The van der Waals surface area contributed by atoms with E-state index in [0.29, 0.717) is 13.1 Å². The maximum absolute atomic E-state index is 12.6. The number of likely N-dealkylation sites (N-methyl/N-ethyl adjacent to an activating group) is 1. The average Bonchev–Trinajstić information content (AvgIpc) is 2.38. The van der Waals surface area contributed by atoms with Crippen LogP contribution in [-0.2, 0) is 6.18 Å². The van der Waals surface area contributed by atoms with Gasteiger partial charge in [-0.2, -0.15) is 13.2 Å². The zero-order valence-corrected chi connectivity index (χ0v) is 11.1. The van der Waals surface area contributed by atoms with E-state index in [4.69, 9.17) is 10.1 Å². The molecule has 20 heavy (non-hydrogen) atoms. The van der Waals surface area contributed by atoms with E-state index in [1.807, 2.05) is 7.05 Å². The number of halogens is 3. The first-order valence-corrected chi connectivity index (χ1v) is 6.23. The predicted octanol–water partition coefficient (Wildman–Crippen LogP) is 2.27. The standard InChI is InChI=1S/C13H16F3N3O/c1-18-5-7-19(8-6-18)12(17)20-11-4-2-3-10(9-11)13(14,15)16/h2-4,9,17H,5-8H2,1H3. The second-order valence-corrected chi connectivity index (χ2v) is 4.72. The molecule has 0 amide bonds. The maximum atomic E-state index is 12.6. The Morgan fingerprint density at radius 3 is 2.45 bits per heavy atom. The monoisotopic (exact) mass is 287 g/mol. The Labute approximate surface area is 115 Å². The molecule has 1 aliphatic rings. The van der Waals surface area contributed by atoms with Gasteiger partial charge in [0.15, 0.2) is 0 Å². The van der Waals surface area contributed by atoms with E-state index in [9.17, 15) is 13.2 Å². The fourth-order valence-electron chi connectivity index (χ4n) is 1.92. The lowest BCUT2D eigenvalue weighted by molar-refractivity contribution is -0.137. The second kappa shape index (κ2) is 5.70. The first kappa shape index (κ1) is 14.6. The lowest BCUT2D eigenvalue weighted by Gasteiger charge is -2.33. The number of rotatable bonds is 1. The van der Waals surface area contributed by atoms with Gasteiger partial charge in [-0.25, -0.2) is 0 Å². The summed E-state index contributed by atoms with van der Waals surface area (Å²) in [7, 11) is 1.98. The van der Waals surface area contributed by atoms with Gasteiger partial charge in [0, 0.05) is 26.2 Å². The zero-order valence-electron chi connectivity index (χ0n) is 11.1. The van der Waals surface area contributed by atoms with Gasteiger partial charge in [-0.15, -0.1) is 0 Å². The molecule has 1 heterocycles. The molecule has 0 radical (unpaired) electrons. The molecular formula is C13H16F3N3O. The van der Waals surface area contributed by atoms with Crippen molar-refractivity contribution < 1.29 is 17.9 Å². The molecule has 0 aliphatic carbocycles. The van der Waals surface area contributed by atoms with E-state index in [-0.39, 0.29) is 11.8 Å². The van der Waals surface area contributed by atoms with Gasteiger partial charge in [-0.05, 0) is 25.2 Å². The highest BCUT2D eigenvalue weighted by Gasteiger charge is 2.30. The lowest BCUT2D eigenvalue weighted by atomic mass is 10.2. The Hall–Kier alpha value is -1.76. The number of hydrogen-bond acceptors (Lipinski definition) is 3. The minimum absolute atomic E-state index is 0.0313. The Bertz CT molecular complexity index is 482. The van der Waals surface area contributed by atoms with Crippen molar-refractivity contribution in [3.63, 3.8) is 0 Å². The normalized spacial score (nSPS) is 17.1. The highest BCUT2D eigenvalue weighted by Crippen LogP contribution is 2.31. The first-order valence-electron chi connectivity index (χ1n) is 6.23. The molecule has 0 bridgehead atoms. The van der Waals surface area contributed by atoms with Crippen LogP contribution in [0.25, 0.3) is 0 Å². The molecule has 7 heteroatoms. The Balaban J connectivity index is 2.01. The molecule has 1 aromatic carbocycles. The third-order valence-electron chi connectivity index (χ3n) is 3.17. The number of nitrogens with zero attached hydrogens (tertiary/aromatic N) is 2. The van der Waals surface area contributed by atoms with Gasteiger partial charge in [0.05, 0.1) is 5.56 Å². The number of alkyl halides is 3. The Kier molecular flexibility index (Phi) is 4.17. The van der Waals surface area contributed by atoms with Gasteiger partial charge < -0.3 is 14.5 Å². The van der Waals surface area contributed by atoms with Gasteiger partial charge in [0.25, 0.3) is 6.02 Å². The molecule has 0 spiro atoms. The van der Waals surface area contributed by atoms with E-state index in [1.54, 1.807) is 4.90 Å². The second-order valence-electron chi connectivity index (χ2n) is 4.72. The van der Waals surface area contributed by atoms with E-state index in [1.165, 1.54) is 12.1 Å². The fraction of sp³-hybridized carbons (Fsp3) is 0.462. The van der Waals surface area contributed by atoms with Gasteiger partial charge in [0.1, 0.15) is 5.75 Å². The van der Waals surface area contributed by atoms with Crippen molar-refractivity contribution in [1.82, 2.24) is 9.80 Å². The summed E-state index contributed by atoms with van der Waals surface area (Å²) in [6.45, 7) is 2.87. The smallest absolute Gasteiger partial charge is 0.416 e. The summed E-state index contributed by atoms with van der Waals surface area (Å²) in [5, 5.41) is 7.82. The van der Waals surface area contributed by atoms with Gasteiger partial charge in [0.2, 0.25) is 0 Å². The van der Waals surface area contributed by atoms with Crippen LogP contribution in [0.15, 0.2) is 24.3 Å². The van der Waals surface area contributed by atoms with Crippen molar-refractivity contribution in [3.05, 3.63) is 29.8 Å². The molecule has 1 N–H and O–H groups in total. The summed E-state index contributed by atoms with van der Waals surface area (Å²) >= 11 is 0. The van der Waals surface area contributed by atoms with Crippen molar-refractivity contribution in [2.24, 2.45) is 0 Å². The number of hydrogen-bond donors (Lipinski definition) is 1. The quantitative estimate of drug-likeness (QED) is 0.636. The van der Waals surface area contributed by atoms with Crippen LogP contribution in [0.4, 0.5) is 13.2 Å². The molecule has 1 fully saturated rings. The number of ether oxygens (including phenoxy) is 1. The molecular weight excluding hydrogens is 271 g/mol. The van der Waals surface area contributed by atoms with Gasteiger partial charge >= 0.3 is 6.18 Å². The maximum Gasteiger partial charge on any atom is 0.416 e. The molecule has 2 rings (SSSR count). The molecule has 0 saturated carbocycles. The zero-order chi connectivity index (χ0) is 14.8. The minimum atomic E-state index is -4.41. The largest absolute Gasteiger partial charge is 0.426 e. The molecule has 1 saturated heterocycles. The summed E-state index contributed by atoms with van der Waals surface area (Å²) in [5.41, 5.74) is -0.777. The van der Waals surface area contributed by atoms with Crippen LogP contribution in [-0.4, -0.2) is 49.0 Å². The van der Waals surface area contributed by atoms with Crippen LogP contribution in [0.5, 0.6) is 5.75 Å². The summed E-state index contributed by atoms with van der Waals surface area (Å²) in [4.78, 5) is 3.83. The van der Waals surface area contributed by atoms with E-state index in [2.05, 4.69) is 4.90 Å². The molecule has 1 aliphatic heterocycles. The van der Waals surface area contributed by atoms with E-state index >= 15 is 0 Å². The SMILES string of the molecule is CN1CCN(C(=N)Oc2cccc(C(F)(F)F)c2)CC1. The third kappa shape index (κ3) is 3.63. The van der Waals surface area contributed by atoms with Crippen LogP contribution < -0.4 is 4.74 Å². The van der Waals surface area contributed by atoms with E-state index in [0.717, 1.165) is 25.2 Å². The van der Waals surface area contributed by atoms with Crippen molar-refractivity contribution in [3.8, 4) is 5.75 Å². The van der Waals surface area contributed by atoms with Crippen molar-refractivity contribution >= 4 is 6.02 Å². The summed E-state index contributed by atoms with van der Waals surface area (Å²) in [6.07, 6.45) is -4.41. The van der Waals surface area contributed by atoms with Crippen molar-refractivity contribution in [1.29, 1.82) is 5.41 Å². The number of amidine groups is 1. The Morgan fingerprint density at radius 1 is 1.20 bits per heavy atom. The molecule has 0 aromatic heterocycles. The lowest BCUT2D eigenvalue weighted by Crippen LogP contribution is -2.48. The molecule has 110 valence electrons. The highest BCUT2D eigenvalue weighted by molar-refractivity contribution is 5.73. The summed E-state index contributed by atoms with van der Waals surface area (Å²) < 4.78 is 42.9. The summed E-state index contributed by atoms with van der Waals surface area (Å²) in [5.74, 6) is 0.0313. The van der Waals surface area contributed by atoms with Crippen molar-refractivity contribution in [2.75, 3.05) is 33.2 Å². The first-order chi connectivity index (χ1) is 9.36. The van der Waals surface area contributed by atoms with Crippen LogP contribution in [0.3, 0.4) is 0 Å². The fourth-order valence-corrected chi connectivity index (χ4v) is 1.92. The van der Waals surface area contributed by atoms with Gasteiger partial charge in [-0.3, -0.25) is 5.41 Å². The molecule has 0 atom stereocenters. The van der Waals surface area contributed by atoms with Crippen LogP contribution in [0, 0.1) is 5.41 Å². The van der Waals surface area contributed by atoms with Crippen LogP contribution in [0.2, 0.25) is 0 Å². The molecule has 1 aromatic rings.